The molecule has 3 N–H and O–H groups in total. The molecule has 0 heterocycles. The number of carbonyl (C=O) groups is 1. The van der Waals surface area contributed by atoms with Crippen LogP contribution in [0.4, 0.5) is 0 Å². The molecule has 0 saturated heterocycles. The molecule has 174 valence electrons. The molecule has 0 aromatic heterocycles. The molecular formula is C24H31NO7. The Morgan fingerprint density at radius 3 is 2.34 bits per heavy atom. The van der Waals surface area contributed by atoms with Crippen molar-refractivity contribution in [2.75, 3.05) is 40.5 Å². The topological polar surface area (TPSA) is 106 Å². The average molecular weight is 446 g/mol. The lowest BCUT2D eigenvalue weighted by Gasteiger charge is -2.15. The third-order valence-corrected chi connectivity index (χ3v) is 4.68. The molecule has 0 radical (unpaired) electrons. The fourth-order valence-corrected chi connectivity index (χ4v) is 3.02. The second kappa shape index (κ2) is 13.2. The zero-order valence-corrected chi connectivity index (χ0v) is 18.7. The van der Waals surface area contributed by atoms with E-state index in [2.05, 4.69) is 5.32 Å². The molecule has 1 unspecified atom stereocenters. The van der Waals surface area contributed by atoms with Gasteiger partial charge in [0, 0.05) is 12.6 Å². The first-order valence-corrected chi connectivity index (χ1v) is 10.3. The van der Waals surface area contributed by atoms with Crippen molar-refractivity contribution in [2.24, 2.45) is 0 Å². The van der Waals surface area contributed by atoms with Crippen LogP contribution in [0.2, 0.25) is 0 Å². The molecule has 0 amide bonds. The number of nitrogens with one attached hydrogen (secondary N) is 1. The largest absolute Gasteiger partial charge is 0.493 e. The normalized spacial score (nSPS) is 12.2. The predicted molar refractivity (Wildman–Crippen MR) is 122 cm³/mol. The van der Waals surface area contributed by atoms with Gasteiger partial charge in [-0.15, -0.1) is 0 Å². The number of carboxylic acids is 1. The molecule has 1 atom stereocenters. The number of hydrogen-bond donors (Lipinski definition) is 3. The van der Waals surface area contributed by atoms with Gasteiger partial charge in [0.15, 0.2) is 18.1 Å². The summed E-state index contributed by atoms with van der Waals surface area (Å²) in [5.41, 5.74) is 2.17. The number of carboxylic acid groups (broad SMARTS) is 1. The first kappa shape index (κ1) is 25.0. The van der Waals surface area contributed by atoms with E-state index in [1.54, 1.807) is 44.6 Å². The zero-order valence-electron chi connectivity index (χ0n) is 18.7. The van der Waals surface area contributed by atoms with Gasteiger partial charge >= 0.3 is 5.97 Å². The minimum Gasteiger partial charge on any atom is -0.493 e. The highest BCUT2D eigenvalue weighted by Gasteiger charge is 2.09. The van der Waals surface area contributed by atoms with Gasteiger partial charge in [0.05, 0.1) is 14.2 Å². The van der Waals surface area contributed by atoms with Crippen molar-refractivity contribution in [3.63, 3.8) is 0 Å². The molecule has 0 aliphatic heterocycles. The monoisotopic (exact) mass is 445 g/mol. The van der Waals surface area contributed by atoms with Gasteiger partial charge in [-0.3, -0.25) is 0 Å². The summed E-state index contributed by atoms with van der Waals surface area (Å²) in [7, 11) is 3.12. The zero-order chi connectivity index (χ0) is 23.3. The van der Waals surface area contributed by atoms with Crippen molar-refractivity contribution >= 4 is 11.5 Å². The quantitative estimate of drug-likeness (QED) is 0.381. The van der Waals surface area contributed by atoms with E-state index < -0.39 is 12.1 Å². The summed E-state index contributed by atoms with van der Waals surface area (Å²) in [6.45, 7) is 2.83. The van der Waals surface area contributed by atoms with Crippen molar-refractivity contribution < 1.29 is 34.0 Å². The number of hydrogen-bond acceptors (Lipinski definition) is 7. The minimum absolute atomic E-state index is 0.150. The van der Waals surface area contributed by atoms with Crippen LogP contribution in [0.3, 0.4) is 0 Å². The Kier molecular flexibility index (Phi) is 10.4. The van der Waals surface area contributed by atoms with Crippen LogP contribution >= 0.6 is 0 Å². The molecule has 0 saturated carbocycles. The average Bonchev–Trinajstić information content (AvgIpc) is 2.81. The molecular weight excluding hydrogens is 414 g/mol. The van der Waals surface area contributed by atoms with Crippen LogP contribution < -0.4 is 24.3 Å². The second-order valence-electron chi connectivity index (χ2n) is 6.96. The van der Waals surface area contributed by atoms with Gasteiger partial charge < -0.3 is 34.5 Å². The molecule has 32 heavy (non-hydrogen) atoms. The summed E-state index contributed by atoms with van der Waals surface area (Å²) >= 11 is 0. The fraction of sp³-hybridized carbons (Fsp3) is 0.375. The van der Waals surface area contributed by atoms with Gasteiger partial charge in [-0.25, -0.2) is 4.79 Å². The number of aliphatic hydroxyl groups excluding tert-OH is 1. The highest BCUT2D eigenvalue weighted by Crippen LogP contribution is 2.30. The number of allylic oxidation sites excluding steroid dienone is 1. The summed E-state index contributed by atoms with van der Waals surface area (Å²) < 4.78 is 21.2. The van der Waals surface area contributed by atoms with Crippen molar-refractivity contribution in [1.29, 1.82) is 0 Å². The van der Waals surface area contributed by atoms with Crippen LogP contribution in [-0.2, 0) is 4.79 Å². The lowest BCUT2D eigenvalue weighted by Crippen LogP contribution is -2.32. The number of methoxy groups -OCH3 is 2. The van der Waals surface area contributed by atoms with E-state index in [4.69, 9.17) is 24.1 Å². The first-order valence-electron chi connectivity index (χ1n) is 10.3. The van der Waals surface area contributed by atoms with Crippen molar-refractivity contribution in [3.05, 3.63) is 54.1 Å². The number of aliphatic carboxylic acids is 1. The number of ether oxygens (including phenoxy) is 4. The van der Waals surface area contributed by atoms with E-state index in [1.807, 2.05) is 25.1 Å². The van der Waals surface area contributed by atoms with Crippen molar-refractivity contribution in [1.82, 2.24) is 5.32 Å². The molecule has 2 rings (SSSR count). The maximum Gasteiger partial charge on any atom is 0.341 e. The Hall–Kier alpha value is -3.23. The third kappa shape index (κ3) is 8.13. The van der Waals surface area contributed by atoms with Crippen LogP contribution in [0.15, 0.2) is 48.5 Å². The summed E-state index contributed by atoms with van der Waals surface area (Å²) in [6.07, 6.45) is 2.14. The molecule has 8 nitrogen and oxygen atoms in total. The lowest BCUT2D eigenvalue weighted by atomic mass is 10.0. The maximum absolute atomic E-state index is 10.6. The fourth-order valence-electron chi connectivity index (χ4n) is 3.02. The lowest BCUT2D eigenvalue weighted by molar-refractivity contribution is -0.139. The molecule has 8 heteroatoms. The van der Waals surface area contributed by atoms with E-state index in [0.717, 1.165) is 17.6 Å². The Morgan fingerprint density at radius 1 is 1.03 bits per heavy atom. The molecule has 0 aliphatic rings. The molecule has 0 aliphatic carbocycles. The van der Waals surface area contributed by atoms with Gasteiger partial charge in [0.1, 0.15) is 24.2 Å². The van der Waals surface area contributed by atoms with E-state index in [0.29, 0.717) is 36.1 Å². The van der Waals surface area contributed by atoms with E-state index in [-0.39, 0.29) is 13.2 Å². The summed E-state index contributed by atoms with van der Waals surface area (Å²) in [4.78, 5) is 10.6. The summed E-state index contributed by atoms with van der Waals surface area (Å²) in [5, 5.41) is 22.1. The Balaban J connectivity index is 1.73. The predicted octanol–water partition coefficient (Wildman–Crippen LogP) is 2.99. The van der Waals surface area contributed by atoms with E-state index in [1.165, 1.54) is 0 Å². The van der Waals surface area contributed by atoms with Gasteiger partial charge in [-0.1, -0.05) is 18.2 Å². The molecule has 2 aromatic carbocycles. The van der Waals surface area contributed by atoms with Gasteiger partial charge in [0.25, 0.3) is 0 Å². The maximum atomic E-state index is 10.6. The Bertz CT molecular complexity index is 880. The number of benzene rings is 2. The van der Waals surface area contributed by atoms with E-state index in [9.17, 15) is 9.90 Å². The molecule has 0 fully saturated rings. The van der Waals surface area contributed by atoms with Crippen molar-refractivity contribution in [2.45, 2.75) is 19.4 Å². The summed E-state index contributed by atoms with van der Waals surface area (Å²) in [6, 6.07) is 12.5. The van der Waals surface area contributed by atoms with Gasteiger partial charge in [-0.05, 0) is 55.3 Å². The summed E-state index contributed by atoms with van der Waals surface area (Å²) in [5.74, 6) is 1.28. The highest BCUT2D eigenvalue weighted by molar-refractivity contribution is 5.69. The second-order valence-corrected chi connectivity index (χ2v) is 6.96. The standard InChI is InChI=1S/C24H31NO7/c1-4-17(18-5-7-20(8-6-18)32-16-24(27)28)11-12-25-14-19(26)15-31-21-9-10-22(29-2)23(13-21)30-3/h4-10,13,19,25-26H,11-12,14-16H2,1-3H3,(H,27,28)/b17-4+. The van der Waals surface area contributed by atoms with Crippen LogP contribution in [0.25, 0.3) is 5.57 Å². The number of aliphatic hydroxyl groups is 1. The SMILES string of the molecule is C/C=C(\CCNCC(O)COc1ccc(OC)c(OC)c1)c1ccc(OCC(=O)O)cc1. The Morgan fingerprint density at radius 2 is 1.72 bits per heavy atom. The van der Waals surface area contributed by atoms with E-state index >= 15 is 0 Å². The minimum atomic E-state index is -1.01. The molecule has 0 spiro atoms. The highest BCUT2D eigenvalue weighted by atomic mass is 16.5. The van der Waals surface area contributed by atoms with Crippen LogP contribution in [0.5, 0.6) is 23.0 Å². The number of rotatable bonds is 14. The smallest absolute Gasteiger partial charge is 0.341 e. The molecule has 0 bridgehead atoms. The van der Waals surface area contributed by atoms with Crippen LogP contribution in [0.1, 0.15) is 18.9 Å². The van der Waals surface area contributed by atoms with Crippen LogP contribution in [0, 0.1) is 0 Å². The first-order chi connectivity index (χ1) is 15.5. The Labute approximate surface area is 188 Å². The van der Waals surface area contributed by atoms with Gasteiger partial charge in [-0.2, -0.15) is 0 Å². The van der Waals surface area contributed by atoms with Crippen molar-refractivity contribution in [3.8, 4) is 23.0 Å². The third-order valence-electron chi connectivity index (χ3n) is 4.68. The van der Waals surface area contributed by atoms with Gasteiger partial charge in [0.2, 0.25) is 0 Å². The van der Waals surface area contributed by atoms with Crippen LogP contribution in [-0.4, -0.2) is 62.8 Å². The molecule has 2 aromatic rings.